The number of fused-ring (bicyclic) bond motifs is 1. The zero-order valence-corrected chi connectivity index (χ0v) is 11.0. The first-order valence-corrected chi connectivity index (χ1v) is 7.11. The molecule has 3 heteroatoms. The Hall–Kier alpha value is -1.45. The number of nitrogens with one attached hydrogen (secondary N) is 1. The molecule has 1 aromatic heterocycles. The summed E-state index contributed by atoms with van der Waals surface area (Å²) < 4.78 is 0. The second-order valence-corrected chi connectivity index (χ2v) is 5.31. The second kappa shape index (κ2) is 5.68. The number of benzene rings is 1. The third-order valence-electron chi connectivity index (χ3n) is 3.95. The number of aromatic nitrogens is 1. The molecule has 3 nitrogen and oxygen atoms in total. The average molecular weight is 256 g/mol. The molecule has 0 radical (unpaired) electrons. The van der Waals surface area contributed by atoms with Gasteiger partial charge in [0.15, 0.2) is 0 Å². The van der Waals surface area contributed by atoms with E-state index in [1.54, 1.807) is 6.20 Å². The molecule has 2 unspecified atom stereocenters. The van der Waals surface area contributed by atoms with Crippen LogP contribution in [0.3, 0.4) is 0 Å². The number of pyridine rings is 1. The molecule has 1 aliphatic heterocycles. The lowest BCUT2D eigenvalue weighted by atomic mass is 9.97. The smallest absolute Gasteiger partial charge is 0.0943 e. The summed E-state index contributed by atoms with van der Waals surface area (Å²) in [4.78, 5) is 4.31. The van der Waals surface area contributed by atoms with Crippen molar-refractivity contribution >= 4 is 10.9 Å². The summed E-state index contributed by atoms with van der Waals surface area (Å²) in [6.07, 6.45) is 6.09. The highest BCUT2D eigenvalue weighted by Gasteiger charge is 2.21. The van der Waals surface area contributed by atoms with Gasteiger partial charge in [-0.05, 0) is 43.1 Å². The van der Waals surface area contributed by atoms with E-state index in [2.05, 4.69) is 16.4 Å². The Morgan fingerprint density at radius 3 is 3.11 bits per heavy atom. The molecule has 0 saturated carbocycles. The van der Waals surface area contributed by atoms with Gasteiger partial charge in [-0.25, -0.2) is 0 Å². The van der Waals surface area contributed by atoms with Crippen molar-refractivity contribution in [3.05, 3.63) is 42.1 Å². The Morgan fingerprint density at radius 2 is 2.16 bits per heavy atom. The molecule has 0 bridgehead atoms. The van der Waals surface area contributed by atoms with Crippen molar-refractivity contribution < 1.29 is 5.11 Å². The number of aliphatic hydroxyl groups excluding tert-OH is 1. The molecule has 1 aliphatic rings. The number of nitrogens with zero attached hydrogens (tertiary/aromatic N) is 1. The van der Waals surface area contributed by atoms with Crippen LogP contribution in [0.2, 0.25) is 0 Å². The van der Waals surface area contributed by atoms with Crippen molar-refractivity contribution in [1.29, 1.82) is 0 Å². The predicted octanol–water partition coefficient (Wildman–Crippen LogP) is 2.80. The fraction of sp³-hybridized carbons (Fsp3) is 0.438. The first kappa shape index (κ1) is 12.6. The summed E-state index contributed by atoms with van der Waals surface area (Å²) in [5, 5.41) is 15.1. The minimum Gasteiger partial charge on any atom is -0.387 e. The Morgan fingerprint density at radius 1 is 1.21 bits per heavy atom. The number of hydrogen-bond acceptors (Lipinski definition) is 3. The zero-order chi connectivity index (χ0) is 13.1. The van der Waals surface area contributed by atoms with Gasteiger partial charge in [0.1, 0.15) is 0 Å². The molecule has 100 valence electrons. The summed E-state index contributed by atoms with van der Waals surface area (Å²) in [6, 6.07) is 10.2. The van der Waals surface area contributed by atoms with E-state index in [0.29, 0.717) is 0 Å². The van der Waals surface area contributed by atoms with E-state index in [4.69, 9.17) is 0 Å². The maximum absolute atomic E-state index is 10.5. The van der Waals surface area contributed by atoms with E-state index in [-0.39, 0.29) is 6.04 Å². The highest BCUT2D eigenvalue weighted by Crippen LogP contribution is 2.25. The molecule has 0 amide bonds. The van der Waals surface area contributed by atoms with E-state index in [0.717, 1.165) is 29.4 Å². The minimum absolute atomic E-state index is 0.177. The van der Waals surface area contributed by atoms with E-state index >= 15 is 0 Å². The summed E-state index contributed by atoms with van der Waals surface area (Å²) in [5.74, 6) is 0. The van der Waals surface area contributed by atoms with Gasteiger partial charge < -0.3 is 10.4 Å². The molecule has 1 aromatic carbocycles. The average Bonchev–Trinajstić information content (AvgIpc) is 2.75. The standard InChI is InChI=1S/C16H20N2O/c19-16(15-6-2-1-3-9-18-15)13-7-8-14-12(11-13)5-4-10-17-14/h4-5,7-8,10-11,15-16,18-19H,1-3,6,9H2. The Kier molecular flexibility index (Phi) is 3.76. The molecule has 2 aromatic rings. The quantitative estimate of drug-likeness (QED) is 0.868. The van der Waals surface area contributed by atoms with Crippen molar-refractivity contribution in [3.63, 3.8) is 0 Å². The largest absolute Gasteiger partial charge is 0.387 e. The van der Waals surface area contributed by atoms with Crippen LogP contribution in [0.5, 0.6) is 0 Å². The number of aliphatic hydroxyl groups is 1. The summed E-state index contributed by atoms with van der Waals surface area (Å²) >= 11 is 0. The molecule has 2 heterocycles. The molecular formula is C16H20N2O. The molecule has 0 aliphatic carbocycles. The summed E-state index contributed by atoms with van der Waals surface area (Å²) in [7, 11) is 0. The first-order chi connectivity index (χ1) is 9.34. The van der Waals surface area contributed by atoms with E-state index in [1.807, 2.05) is 24.3 Å². The maximum Gasteiger partial charge on any atom is 0.0943 e. The van der Waals surface area contributed by atoms with Crippen LogP contribution in [0, 0.1) is 0 Å². The van der Waals surface area contributed by atoms with Crippen molar-refractivity contribution in [2.75, 3.05) is 6.54 Å². The van der Waals surface area contributed by atoms with Gasteiger partial charge in [-0.3, -0.25) is 4.98 Å². The molecule has 2 N–H and O–H groups in total. The van der Waals surface area contributed by atoms with Gasteiger partial charge in [0, 0.05) is 17.6 Å². The lowest BCUT2D eigenvalue weighted by Gasteiger charge is -2.23. The Balaban J connectivity index is 1.85. The number of hydrogen-bond donors (Lipinski definition) is 2. The van der Waals surface area contributed by atoms with Crippen molar-refractivity contribution in [2.45, 2.75) is 37.8 Å². The number of rotatable bonds is 2. The highest BCUT2D eigenvalue weighted by atomic mass is 16.3. The van der Waals surface area contributed by atoms with Crippen LogP contribution in [-0.2, 0) is 0 Å². The monoisotopic (exact) mass is 256 g/mol. The van der Waals surface area contributed by atoms with E-state index in [9.17, 15) is 5.11 Å². The highest BCUT2D eigenvalue weighted by molar-refractivity contribution is 5.79. The van der Waals surface area contributed by atoms with Crippen molar-refractivity contribution in [3.8, 4) is 0 Å². The topological polar surface area (TPSA) is 45.2 Å². The van der Waals surface area contributed by atoms with Crippen LogP contribution in [-0.4, -0.2) is 22.7 Å². The second-order valence-electron chi connectivity index (χ2n) is 5.31. The van der Waals surface area contributed by atoms with Crippen LogP contribution < -0.4 is 5.32 Å². The maximum atomic E-state index is 10.5. The normalized spacial score (nSPS) is 22.1. The molecule has 1 saturated heterocycles. The van der Waals surface area contributed by atoms with Gasteiger partial charge in [-0.15, -0.1) is 0 Å². The van der Waals surface area contributed by atoms with Gasteiger partial charge in [0.05, 0.1) is 11.6 Å². The fourth-order valence-electron chi connectivity index (χ4n) is 2.84. The molecule has 19 heavy (non-hydrogen) atoms. The lowest BCUT2D eigenvalue weighted by molar-refractivity contribution is 0.126. The summed E-state index contributed by atoms with van der Waals surface area (Å²) in [6.45, 7) is 1.01. The van der Waals surface area contributed by atoms with Crippen molar-refractivity contribution in [1.82, 2.24) is 10.3 Å². The van der Waals surface area contributed by atoms with Gasteiger partial charge in [0.25, 0.3) is 0 Å². The Bertz CT molecular complexity index is 547. The lowest BCUT2D eigenvalue weighted by Crippen LogP contribution is -2.34. The predicted molar refractivity (Wildman–Crippen MR) is 77.0 cm³/mol. The summed E-state index contributed by atoms with van der Waals surface area (Å²) in [5.41, 5.74) is 1.96. The van der Waals surface area contributed by atoms with Gasteiger partial charge >= 0.3 is 0 Å². The van der Waals surface area contributed by atoms with Crippen LogP contribution in [0.25, 0.3) is 10.9 Å². The third kappa shape index (κ3) is 2.77. The van der Waals surface area contributed by atoms with E-state index in [1.165, 1.54) is 19.3 Å². The fourth-order valence-corrected chi connectivity index (χ4v) is 2.84. The molecule has 0 spiro atoms. The third-order valence-corrected chi connectivity index (χ3v) is 3.95. The van der Waals surface area contributed by atoms with Crippen LogP contribution in [0.4, 0.5) is 0 Å². The van der Waals surface area contributed by atoms with Gasteiger partial charge in [-0.2, -0.15) is 0 Å². The molecule has 3 rings (SSSR count). The molecular weight excluding hydrogens is 236 g/mol. The van der Waals surface area contributed by atoms with Crippen LogP contribution in [0.1, 0.15) is 37.4 Å². The molecule has 2 atom stereocenters. The SMILES string of the molecule is OC(c1ccc2ncccc2c1)C1CCCCCN1. The van der Waals surface area contributed by atoms with Crippen molar-refractivity contribution in [2.24, 2.45) is 0 Å². The minimum atomic E-state index is -0.428. The zero-order valence-electron chi connectivity index (χ0n) is 11.0. The van der Waals surface area contributed by atoms with Gasteiger partial charge in [-0.1, -0.05) is 25.0 Å². The first-order valence-electron chi connectivity index (χ1n) is 7.11. The van der Waals surface area contributed by atoms with Crippen LogP contribution in [0.15, 0.2) is 36.5 Å². The molecule has 1 fully saturated rings. The van der Waals surface area contributed by atoms with Gasteiger partial charge in [0.2, 0.25) is 0 Å². The Labute approximate surface area is 113 Å². The van der Waals surface area contributed by atoms with E-state index < -0.39 is 6.10 Å². The van der Waals surface area contributed by atoms with Crippen LogP contribution >= 0.6 is 0 Å².